The molecule has 0 unspecified atom stereocenters. The van der Waals surface area contributed by atoms with Crippen LogP contribution < -0.4 is 15.5 Å². The van der Waals surface area contributed by atoms with Crippen molar-refractivity contribution in [1.29, 1.82) is 0 Å². The highest BCUT2D eigenvalue weighted by molar-refractivity contribution is 6.31. The normalized spacial score (nSPS) is 18.0. The van der Waals surface area contributed by atoms with Gasteiger partial charge in [0, 0.05) is 36.4 Å². The molecule has 0 saturated carbocycles. The van der Waals surface area contributed by atoms with E-state index in [1.54, 1.807) is 0 Å². The largest absolute Gasteiger partial charge is 0.356 e. The van der Waals surface area contributed by atoms with Gasteiger partial charge >= 0.3 is 0 Å². The third-order valence-electron chi connectivity index (χ3n) is 3.90. The van der Waals surface area contributed by atoms with Crippen LogP contribution in [0.1, 0.15) is 33.3 Å². The Kier molecular flexibility index (Phi) is 4.79. The highest BCUT2D eigenvalue weighted by Crippen LogP contribution is 2.30. The monoisotopic (exact) mass is 309 g/mol. The Labute approximate surface area is 131 Å². The number of amides is 1. The SMILES string of the molecule is CC(C)NCc1ccc(N2CCNC(=O)C2(C)C)cc1Cl. The van der Waals surface area contributed by atoms with Crippen LogP contribution in [0.5, 0.6) is 0 Å². The molecule has 116 valence electrons. The van der Waals surface area contributed by atoms with Crippen molar-refractivity contribution in [1.82, 2.24) is 10.6 Å². The van der Waals surface area contributed by atoms with Gasteiger partial charge in [-0.2, -0.15) is 0 Å². The Morgan fingerprint density at radius 2 is 2.14 bits per heavy atom. The fourth-order valence-electron chi connectivity index (χ4n) is 2.51. The fourth-order valence-corrected chi connectivity index (χ4v) is 2.75. The third-order valence-corrected chi connectivity index (χ3v) is 4.25. The minimum absolute atomic E-state index is 0.0513. The van der Waals surface area contributed by atoms with Crippen LogP contribution in [0.4, 0.5) is 5.69 Å². The number of benzene rings is 1. The van der Waals surface area contributed by atoms with Crippen LogP contribution in [0.25, 0.3) is 0 Å². The first-order chi connectivity index (χ1) is 9.82. The maximum Gasteiger partial charge on any atom is 0.245 e. The lowest BCUT2D eigenvalue weighted by molar-refractivity contribution is -0.126. The van der Waals surface area contributed by atoms with Gasteiger partial charge in [-0.25, -0.2) is 0 Å². The van der Waals surface area contributed by atoms with Crippen molar-refractivity contribution in [2.75, 3.05) is 18.0 Å². The molecule has 1 aliphatic rings. The van der Waals surface area contributed by atoms with Gasteiger partial charge in [-0.05, 0) is 31.5 Å². The van der Waals surface area contributed by atoms with Crippen LogP contribution >= 0.6 is 11.6 Å². The van der Waals surface area contributed by atoms with E-state index in [-0.39, 0.29) is 5.91 Å². The molecule has 5 heteroatoms. The van der Waals surface area contributed by atoms with E-state index in [2.05, 4.69) is 29.4 Å². The zero-order valence-electron chi connectivity index (χ0n) is 13.2. The molecule has 0 atom stereocenters. The third kappa shape index (κ3) is 3.50. The first-order valence-electron chi connectivity index (χ1n) is 7.40. The lowest BCUT2D eigenvalue weighted by Gasteiger charge is -2.43. The van der Waals surface area contributed by atoms with E-state index in [0.29, 0.717) is 12.6 Å². The summed E-state index contributed by atoms with van der Waals surface area (Å²) in [5.74, 6) is 0.0513. The first kappa shape index (κ1) is 16.1. The Bertz CT molecular complexity index is 528. The molecule has 1 fully saturated rings. The summed E-state index contributed by atoms with van der Waals surface area (Å²) in [5, 5.41) is 7.01. The average molecular weight is 310 g/mol. The second-order valence-electron chi connectivity index (χ2n) is 6.28. The predicted molar refractivity (Wildman–Crippen MR) is 87.9 cm³/mol. The van der Waals surface area contributed by atoms with E-state index >= 15 is 0 Å². The van der Waals surface area contributed by atoms with Gasteiger partial charge in [-0.15, -0.1) is 0 Å². The summed E-state index contributed by atoms with van der Waals surface area (Å²) in [7, 11) is 0. The molecule has 4 nitrogen and oxygen atoms in total. The van der Waals surface area contributed by atoms with Crippen molar-refractivity contribution in [3.8, 4) is 0 Å². The summed E-state index contributed by atoms with van der Waals surface area (Å²) in [4.78, 5) is 14.1. The molecule has 0 aliphatic carbocycles. The zero-order valence-corrected chi connectivity index (χ0v) is 13.9. The second kappa shape index (κ2) is 6.24. The molecule has 1 heterocycles. The Morgan fingerprint density at radius 1 is 1.43 bits per heavy atom. The molecule has 2 rings (SSSR count). The van der Waals surface area contributed by atoms with Gasteiger partial charge in [0.2, 0.25) is 5.91 Å². The van der Waals surface area contributed by atoms with Gasteiger partial charge in [-0.1, -0.05) is 31.5 Å². The lowest BCUT2D eigenvalue weighted by atomic mass is 9.97. The van der Waals surface area contributed by atoms with Gasteiger partial charge in [0.25, 0.3) is 0 Å². The highest BCUT2D eigenvalue weighted by atomic mass is 35.5. The van der Waals surface area contributed by atoms with Gasteiger partial charge in [0.15, 0.2) is 0 Å². The number of carbonyl (C=O) groups excluding carboxylic acids is 1. The molecular weight excluding hydrogens is 286 g/mol. The van der Waals surface area contributed by atoms with Crippen molar-refractivity contribution < 1.29 is 4.79 Å². The van der Waals surface area contributed by atoms with Crippen LogP contribution in [0.3, 0.4) is 0 Å². The summed E-state index contributed by atoms with van der Waals surface area (Å²) in [6.07, 6.45) is 0. The number of nitrogens with one attached hydrogen (secondary N) is 2. The van der Waals surface area contributed by atoms with Crippen molar-refractivity contribution >= 4 is 23.2 Å². The first-order valence-corrected chi connectivity index (χ1v) is 7.78. The minimum Gasteiger partial charge on any atom is -0.356 e. The fraction of sp³-hybridized carbons (Fsp3) is 0.562. The maximum absolute atomic E-state index is 12.0. The van der Waals surface area contributed by atoms with Gasteiger partial charge in [-0.3, -0.25) is 4.79 Å². The molecule has 1 saturated heterocycles. The maximum atomic E-state index is 12.0. The van der Waals surface area contributed by atoms with Crippen LogP contribution in [-0.4, -0.2) is 30.6 Å². The molecule has 0 bridgehead atoms. The zero-order chi connectivity index (χ0) is 15.6. The Hall–Kier alpha value is -1.26. The average Bonchev–Trinajstić information content (AvgIpc) is 2.40. The standard InChI is InChI=1S/C16H24ClN3O/c1-11(2)19-10-12-5-6-13(9-14(12)17)20-8-7-18-15(21)16(20,3)4/h5-6,9,11,19H,7-8,10H2,1-4H3,(H,18,21). The van der Waals surface area contributed by atoms with Crippen LogP contribution in [0.2, 0.25) is 5.02 Å². The number of hydrogen-bond donors (Lipinski definition) is 2. The number of rotatable bonds is 4. The molecule has 0 radical (unpaired) electrons. The van der Waals surface area contributed by atoms with E-state index in [0.717, 1.165) is 29.4 Å². The van der Waals surface area contributed by atoms with Gasteiger partial charge in [0.05, 0.1) is 0 Å². The summed E-state index contributed by atoms with van der Waals surface area (Å²) >= 11 is 6.39. The summed E-state index contributed by atoms with van der Waals surface area (Å²) < 4.78 is 0. The number of carbonyl (C=O) groups is 1. The van der Waals surface area contributed by atoms with Crippen molar-refractivity contribution in [3.05, 3.63) is 28.8 Å². The topological polar surface area (TPSA) is 44.4 Å². The van der Waals surface area contributed by atoms with Gasteiger partial charge in [0.1, 0.15) is 5.54 Å². The molecule has 0 aromatic heterocycles. The summed E-state index contributed by atoms with van der Waals surface area (Å²) in [6.45, 7) is 10.3. The molecule has 0 spiro atoms. The van der Waals surface area contributed by atoms with Crippen molar-refractivity contribution in [2.45, 2.75) is 45.8 Å². The van der Waals surface area contributed by atoms with E-state index in [1.807, 2.05) is 32.0 Å². The van der Waals surface area contributed by atoms with Gasteiger partial charge < -0.3 is 15.5 Å². The molecular formula is C16H24ClN3O. The van der Waals surface area contributed by atoms with Crippen LogP contribution in [-0.2, 0) is 11.3 Å². The van der Waals surface area contributed by atoms with Crippen LogP contribution in [0, 0.1) is 0 Å². The van der Waals surface area contributed by atoms with Crippen LogP contribution in [0.15, 0.2) is 18.2 Å². The van der Waals surface area contributed by atoms with E-state index < -0.39 is 5.54 Å². The lowest BCUT2D eigenvalue weighted by Crippen LogP contribution is -2.62. The van der Waals surface area contributed by atoms with E-state index in [4.69, 9.17) is 11.6 Å². The van der Waals surface area contributed by atoms with E-state index in [1.165, 1.54) is 0 Å². The number of nitrogens with zero attached hydrogens (tertiary/aromatic N) is 1. The minimum atomic E-state index is -0.556. The Balaban J connectivity index is 2.21. The summed E-state index contributed by atoms with van der Waals surface area (Å²) in [5.41, 5.74) is 1.51. The number of halogens is 1. The summed E-state index contributed by atoms with van der Waals surface area (Å²) in [6, 6.07) is 6.46. The molecule has 1 aliphatic heterocycles. The number of piperazine rings is 1. The molecule has 1 amide bonds. The quantitative estimate of drug-likeness (QED) is 0.898. The molecule has 1 aromatic rings. The highest BCUT2D eigenvalue weighted by Gasteiger charge is 2.37. The smallest absolute Gasteiger partial charge is 0.245 e. The van der Waals surface area contributed by atoms with Crippen molar-refractivity contribution in [3.63, 3.8) is 0 Å². The molecule has 21 heavy (non-hydrogen) atoms. The second-order valence-corrected chi connectivity index (χ2v) is 6.69. The molecule has 2 N–H and O–H groups in total. The van der Waals surface area contributed by atoms with Crippen molar-refractivity contribution in [2.24, 2.45) is 0 Å². The van der Waals surface area contributed by atoms with E-state index in [9.17, 15) is 4.79 Å². The molecule has 1 aromatic carbocycles. The predicted octanol–water partition coefficient (Wildman–Crippen LogP) is 2.55. The number of hydrogen-bond acceptors (Lipinski definition) is 3. The Morgan fingerprint density at radius 3 is 2.76 bits per heavy atom. The number of anilines is 1.